The second-order valence-corrected chi connectivity index (χ2v) is 14.6. The molecule has 1 aliphatic carbocycles. The Kier molecular flexibility index (Phi) is 22.6. The summed E-state index contributed by atoms with van der Waals surface area (Å²) in [5.74, 6) is 0.0584. The molecule has 0 bridgehead atoms. The molecule has 5 nitrogen and oxygen atoms in total. The maximum atomic E-state index is 14.4. The zero-order valence-corrected chi connectivity index (χ0v) is 29.2. The minimum Gasteiger partial charge on any atom is -0.393 e. The smallest absolute Gasteiger partial charge is 0.162 e. The van der Waals surface area contributed by atoms with Gasteiger partial charge < -0.3 is 20.1 Å². The van der Waals surface area contributed by atoms with Crippen LogP contribution in [0.2, 0.25) is 0 Å². The van der Waals surface area contributed by atoms with Crippen LogP contribution in [-0.4, -0.2) is 57.8 Å². The van der Waals surface area contributed by atoms with Crippen molar-refractivity contribution in [1.82, 2.24) is 0 Å². The molecular weight excluding hydrogens is 566 g/mol. The van der Waals surface area contributed by atoms with Crippen LogP contribution >= 0.6 is 0 Å². The van der Waals surface area contributed by atoms with Gasteiger partial charge in [-0.1, -0.05) is 142 Å². The van der Waals surface area contributed by atoms with Gasteiger partial charge in [-0.3, -0.25) is 4.79 Å². The summed E-state index contributed by atoms with van der Waals surface area (Å²) in [4.78, 5) is 11.8. The highest BCUT2D eigenvalue weighted by Gasteiger charge is 2.34. The van der Waals surface area contributed by atoms with Gasteiger partial charge in [0.05, 0.1) is 30.5 Å². The lowest BCUT2D eigenvalue weighted by molar-refractivity contribution is -0.115. The van der Waals surface area contributed by atoms with Gasteiger partial charge in [-0.15, -0.1) is 0 Å². The van der Waals surface area contributed by atoms with Gasteiger partial charge in [0.1, 0.15) is 6.17 Å². The van der Waals surface area contributed by atoms with E-state index >= 15 is 0 Å². The number of carbonyl (C=O) groups is 1. The SMILES string of the molecule is CCCCCCCCCCCCCC[C@@H](O)[C@H]1CC[C@H]([C@H](O)CCCCCCCCC[C@H](O)CCC([18F])C2=C[C@H](C)CC2=O)O1. The summed E-state index contributed by atoms with van der Waals surface area (Å²) >= 11 is 0. The molecule has 45 heavy (non-hydrogen) atoms. The number of unbranched alkanes of at least 4 members (excludes halogenated alkanes) is 17. The standard InChI is InChI=1S/C39H71FO5/c1-3-4-5-6-7-8-9-10-11-14-17-20-23-35(42)38-27-28-39(45-38)36(43)24-21-18-15-12-13-16-19-22-32(41)25-26-34(40)33-29-31(2)30-37(33)44/h29,31-32,34-36,38-39,41-43H,3-28,30H2,1-2H3/t31-,32-,34?,35+,36+,38+,39+/m0/s1/i40-1. The van der Waals surface area contributed by atoms with E-state index in [0.717, 1.165) is 77.0 Å². The Hall–Kier alpha value is -0.820. The lowest BCUT2D eigenvalue weighted by atomic mass is 9.99. The van der Waals surface area contributed by atoms with Crippen LogP contribution in [0.25, 0.3) is 0 Å². The third kappa shape index (κ3) is 18.3. The molecule has 1 saturated heterocycles. The third-order valence-corrected chi connectivity index (χ3v) is 10.2. The Morgan fingerprint density at radius 3 is 1.51 bits per heavy atom. The topological polar surface area (TPSA) is 87.0 Å². The summed E-state index contributed by atoms with van der Waals surface area (Å²) in [6.07, 6.45) is 27.3. The number of Topliss-reactive ketones (excluding diaryl/α,β-unsaturated/α-hetero) is 1. The van der Waals surface area contributed by atoms with E-state index in [-0.39, 0.29) is 30.3 Å². The van der Waals surface area contributed by atoms with Crippen molar-refractivity contribution in [2.45, 2.75) is 224 Å². The van der Waals surface area contributed by atoms with E-state index in [1.807, 2.05) is 6.92 Å². The molecule has 0 saturated carbocycles. The van der Waals surface area contributed by atoms with E-state index in [9.17, 15) is 24.5 Å². The highest BCUT2D eigenvalue weighted by atomic mass is 18.2. The van der Waals surface area contributed by atoms with Crippen LogP contribution in [-0.2, 0) is 9.53 Å². The first-order chi connectivity index (χ1) is 21.8. The molecule has 1 aliphatic heterocycles. The first kappa shape index (κ1) is 40.4. The van der Waals surface area contributed by atoms with Crippen LogP contribution in [0.15, 0.2) is 11.6 Å². The highest BCUT2D eigenvalue weighted by molar-refractivity contribution is 5.98. The van der Waals surface area contributed by atoms with E-state index in [2.05, 4.69) is 6.92 Å². The van der Waals surface area contributed by atoms with E-state index in [1.165, 1.54) is 70.6 Å². The molecular formula is C39H71FO5. The molecule has 2 rings (SSSR count). The summed E-state index contributed by atoms with van der Waals surface area (Å²) < 4.78 is 20.5. The Morgan fingerprint density at radius 2 is 1.09 bits per heavy atom. The number of alkyl halides is 1. The van der Waals surface area contributed by atoms with Gasteiger partial charge in [0.25, 0.3) is 0 Å². The highest BCUT2D eigenvalue weighted by Crippen LogP contribution is 2.29. The molecule has 0 spiro atoms. The van der Waals surface area contributed by atoms with Gasteiger partial charge in [-0.25, -0.2) is 4.39 Å². The molecule has 1 fully saturated rings. The zero-order chi connectivity index (χ0) is 32.7. The number of allylic oxidation sites excluding steroid dienone is 2. The molecule has 2 aliphatic rings. The van der Waals surface area contributed by atoms with Gasteiger partial charge in [-0.05, 0) is 50.9 Å². The van der Waals surface area contributed by atoms with Crippen LogP contribution in [0.5, 0.6) is 0 Å². The van der Waals surface area contributed by atoms with Gasteiger partial charge in [0.15, 0.2) is 5.78 Å². The molecule has 264 valence electrons. The Morgan fingerprint density at radius 1 is 0.667 bits per heavy atom. The average Bonchev–Trinajstić information content (AvgIpc) is 3.65. The summed E-state index contributed by atoms with van der Waals surface area (Å²) in [5, 5.41) is 31.5. The fourth-order valence-electron chi connectivity index (χ4n) is 7.23. The van der Waals surface area contributed by atoms with E-state index < -0.39 is 24.5 Å². The lowest BCUT2D eigenvalue weighted by Gasteiger charge is -2.22. The number of aliphatic hydroxyl groups is 3. The number of ketones is 1. The quantitative estimate of drug-likeness (QED) is 0.0711. The molecule has 7 atom stereocenters. The number of ether oxygens (including phenoxy) is 1. The number of rotatable bonds is 29. The normalized spacial score (nSPS) is 22.9. The molecule has 1 heterocycles. The minimum atomic E-state index is -1.24. The van der Waals surface area contributed by atoms with Gasteiger partial charge in [0.2, 0.25) is 0 Å². The third-order valence-electron chi connectivity index (χ3n) is 10.2. The monoisotopic (exact) mass is 638 g/mol. The molecule has 0 aromatic carbocycles. The molecule has 0 amide bonds. The summed E-state index contributed by atoms with van der Waals surface area (Å²) in [7, 11) is 0. The van der Waals surface area contributed by atoms with E-state index in [0.29, 0.717) is 24.8 Å². The summed E-state index contributed by atoms with van der Waals surface area (Å²) in [6, 6.07) is 0. The molecule has 0 aromatic heterocycles. The number of halogens is 1. The van der Waals surface area contributed by atoms with Crippen molar-refractivity contribution in [3.8, 4) is 0 Å². The van der Waals surface area contributed by atoms with Crippen molar-refractivity contribution < 1.29 is 29.2 Å². The van der Waals surface area contributed by atoms with Crippen molar-refractivity contribution in [3.05, 3.63) is 11.6 Å². The van der Waals surface area contributed by atoms with E-state index in [1.54, 1.807) is 6.08 Å². The summed E-state index contributed by atoms with van der Waals surface area (Å²) in [6.45, 7) is 4.20. The zero-order valence-electron chi connectivity index (χ0n) is 29.2. The van der Waals surface area contributed by atoms with Crippen molar-refractivity contribution in [1.29, 1.82) is 0 Å². The molecule has 0 aromatic rings. The molecule has 6 heteroatoms. The maximum absolute atomic E-state index is 14.4. The largest absolute Gasteiger partial charge is 0.393 e. The lowest BCUT2D eigenvalue weighted by Crippen LogP contribution is -2.31. The second-order valence-electron chi connectivity index (χ2n) is 14.6. The fourth-order valence-corrected chi connectivity index (χ4v) is 7.23. The van der Waals surface area contributed by atoms with Crippen molar-refractivity contribution in [3.63, 3.8) is 0 Å². The van der Waals surface area contributed by atoms with Crippen molar-refractivity contribution >= 4 is 5.78 Å². The van der Waals surface area contributed by atoms with Crippen LogP contribution in [0.3, 0.4) is 0 Å². The molecule has 1 unspecified atom stereocenters. The number of aliphatic hydroxyl groups excluding tert-OH is 3. The Balaban J connectivity index is 1.37. The first-order valence-electron chi connectivity index (χ1n) is 19.4. The van der Waals surface area contributed by atoms with Crippen molar-refractivity contribution in [2.75, 3.05) is 0 Å². The minimum absolute atomic E-state index is 0.0743. The first-order valence-corrected chi connectivity index (χ1v) is 19.4. The Labute approximate surface area is 276 Å². The predicted octanol–water partition coefficient (Wildman–Crippen LogP) is 9.87. The maximum Gasteiger partial charge on any atom is 0.162 e. The summed E-state index contributed by atoms with van der Waals surface area (Å²) in [5.41, 5.74) is 0.321. The number of hydrogen-bond donors (Lipinski definition) is 3. The van der Waals surface area contributed by atoms with Gasteiger partial charge >= 0.3 is 0 Å². The fraction of sp³-hybridized carbons (Fsp3) is 0.923. The van der Waals surface area contributed by atoms with Gasteiger partial charge in [0, 0.05) is 12.0 Å². The van der Waals surface area contributed by atoms with E-state index in [4.69, 9.17) is 4.74 Å². The molecule has 0 radical (unpaired) electrons. The predicted molar refractivity (Wildman–Crippen MR) is 184 cm³/mol. The second kappa shape index (κ2) is 25.2. The number of hydrogen-bond acceptors (Lipinski definition) is 5. The average molecular weight is 638 g/mol. The van der Waals surface area contributed by atoms with Crippen LogP contribution in [0.1, 0.15) is 187 Å². The van der Waals surface area contributed by atoms with Gasteiger partial charge in [-0.2, -0.15) is 0 Å². The van der Waals surface area contributed by atoms with Crippen LogP contribution in [0, 0.1) is 5.92 Å². The van der Waals surface area contributed by atoms with Crippen molar-refractivity contribution in [2.24, 2.45) is 5.92 Å². The van der Waals surface area contributed by atoms with Crippen LogP contribution in [0.4, 0.5) is 4.39 Å². The Bertz CT molecular complexity index is 773. The number of carbonyl (C=O) groups excluding carboxylic acids is 1. The van der Waals surface area contributed by atoms with Crippen LogP contribution < -0.4 is 0 Å². The molecule has 3 N–H and O–H groups in total.